The quantitative estimate of drug-likeness (QED) is 0.458. The number of halogens is 3. The van der Waals surface area contributed by atoms with Crippen LogP contribution in [-0.4, -0.2) is 66.2 Å². The van der Waals surface area contributed by atoms with Crippen molar-refractivity contribution in [2.45, 2.75) is 62.6 Å². The molecule has 1 saturated heterocycles. The van der Waals surface area contributed by atoms with Crippen molar-refractivity contribution in [3.8, 4) is 6.07 Å². The maximum atomic E-state index is 12.9. The number of hydrogen-bond acceptors (Lipinski definition) is 6. The summed E-state index contributed by atoms with van der Waals surface area (Å²) >= 11 is 0. The Bertz CT molecular complexity index is 1240. The SMILES string of the molecule is CCO[C@@H]1CN(C2CCC(O)(c3ccc(C#N)cc3)CC2)C[C@@H]1NC(=O)CNC(=O)c1cccc(C(F)(F)F)c1. The first kappa shape index (κ1) is 29.5. The number of carbonyl (C=O) groups is 2. The van der Waals surface area contributed by atoms with Crippen LogP contribution in [0.25, 0.3) is 0 Å². The summed E-state index contributed by atoms with van der Waals surface area (Å²) in [6, 6.07) is 13.0. The van der Waals surface area contributed by atoms with Gasteiger partial charge in [0.05, 0.1) is 41.5 Å². The maximum absolute atomic E-state index is 12.9. The average molecular weight is 559 g/mol. The van der Waals surface area contributed by atoms with Gasteiger partial charge in [0.1, 0.15) is 0 Å². The average Bonchev–Trinajstić information content (AvgIpc) is 3.33. The summed E-state index contributed by atoms with van der Waals surface area (Å²) < 4.78 is 44.7. The number of nitriles is 1. The molecule has 1 aliphatic carbocycles. The fraction of sp³-hybridized carbons (Fsp3) is 0.483. The number of benzene rings is 2. The van der Waals surface area contributed by atoms with E-state index in [-0.39, 0.29) is 30.3 Å². The number of ether oxygens (including phenoxy) is 1. The molecule has 2 fully saturated rings. The van der Waals surface area contributed by atoms with E-state index in [9.17, 15) is 27.9 Å². The first-order valence-corrected chi connectivity index (χ1v) is 13.4. The van der Waals surface area contributed by atoms with E-state index in [0.717, 1.165) is 36.6 Å². The Morgan fingerprint density at radius 1 is 1.15 bits per heavy atom. The van der Waals surface area contributed by atoms with Crippen LogP contribution in [0.2, 0.25) is 0 Å². The highest BCUT2D eigenvalue weighted by Gasteiger charge is 2.42. The first-order valence-electron chi connectivity index (χ1n) is 13.4. The molecule has 1 aliphatic heterocycles. The molecule has 2 aliphatic rings. The largest absolute Gasteiger partial charge is 0.416 e. The van der Waals surface area contributed by atoms with Gasteiger partial charge in [-0.15, -0.1) is 0 Å². The van der Waals surface area contributed by atoms with Gasteiger partial charge in [-0.05, 0) is 68.5 Å². The van der Waals surface area contributed by atoms with Crippen molar-refractivity contribution in [2.75, 3.05) is 26.2 Å². The molecule has 214 valence electrons. The summed E-state index contributed by atoms with van der Waals surface area (Å²) in [4.78, 5) is 27.3. The number of carbonyl (C=O) groups excluding carboxylic acids is 2. The number of amides is 2. The second kappa shape index (κ2) is 12.4. The predicted molar refractivity (Wildman–Crippen MR) is 140 cm³/mol. The van der Waals surface area contributed by atoms with Crippen LogP contribution < -0.4 is 10.6 Å². The normalized spacial score (nSPS) is 25.2. The third-order valence-corrected chi connectivity index (χ3v) is 7.73. The van der Waals surface area contributed by atoms with Crippen molar-refractivity contribution in [1.82, 2.24) is 15.5 Å². The Balaban J connectivity index is 1.30. The summed E-state index contributed by atoms with van der Waals surface area (Å²) in [6.45, 7) is 3.09. The molecule has 4 rings (SSSR count). The van der Waals surface area contributed by atoms with Crippen LogP contribution in [0, 0.1) is 11.3 Å². The van der Waals surface area contributed by atoms with E-state index in [4.69, 9.17) is 10.00 Å². The number of nitrogens with zero attached hydrogens (tertiary/aromatic N) is 2. The third-order valence-electron chi connectivity index (χ3n) is 7.73. The van der Waals surface area contributed by atoms with E-state index < -0.39 is 29.2 Å². The zero-order valence-electron chi connectivity index (χ0n) is 22.2. The lowest BCUT2D eigenvalue weighted by Gasteiger charge is -2.40. The monoisotopic (exact) mass is 558 g/mol. The van der Waals surface area contributed by atoms with E-state index in [1.165, 1.54) is 6.07 Å². The van der Waals surface area contributed by atoms with Gasteiger partial charge >= 0.3 is 6.18 Å². The highest BCUT2D eigenvalue weighted by atomic mass is 19.4. The van der Waals surface area contributed by atoms with E-state index >= 15 is 0 Å². The Hall–Kier alpha value is -3.46. The summed E-state index contributed by atoms with van der Waals surface area (Å²) in [7, 11) is 0. The van der Waals surface area contributed by atoms with Gasteiger partial charge in [0.25, 0.3) is 5.91 Å². The van der Waals surface area contributed by atoms with Crippen LogP contribution in [0.4, 0.5) is 13.2 Å². The molecule has 1 heterocycles. The van der Waals surface area contributed by atoms with Gasteiger partial charge in [-0.2, -0.15) is 18.4 Å². The second-order valence-corrected chi connectivity index (χ2v) is 10.3. The van der Waals surface area contributed by atoms with Gasteiger partial charge in [0.2, 0.25) is 5.91 Å². The van der Waals surface area contributed by atoms with E-state index in [1.54, 1.807) is 24.3 Å². The van der Waals surface area contributed by atoms with E-state index in [2.05, 4.69) is 21.6 Å². The molecular formula is C29H33F3N4O4. The molecule has 2 atom stereocenters. The molecular weight excluding hydrogens is 525 g/mol. The molecule has 0 unspecified atom stereocenters. The molecule has 0 aromatic heterocycles. The Morgan fingerprint density at radius 3 is 2.48 bits per heavy atom. The molecule has 2 aromatic carbocycles. The number of rotatable bonds is 8. The molecule has 1 saturated carbocycles. The second-order valence-electron chi connectivity index (χ2n) is 10.3. The third kappa shape index (κ3) is 6.99. The van der Waals surface area contributed by atoms with Crippen molar-refractivity contribution in [3.05, 3.63) is 70.8 Å². The van der Waals surface area contributed by atoms with Crippen LogP contribution in [0.15, 0.2) is 48.5 Å². The smallest absolute Gasteiger partial charge is 0.385 e. The predicted octanol–water partition coefficient (Wildman–Crippen LogP) is 3.34. The van der Waals surface area contributed by atoms with Crippen molar-refractivity contribution >= 4 is 11.8 Å². The van der Waals surface area contributed by atoms with Crippen LogP contribution >= 0.6 is 0 Å². The van der Waals surface area contributed by atoms with E-state index in [0.29, 0.717) is 38.1 Å². The zero-order valence-corrected chi connectivity index (χ0v) is 22.2. The molecule has 8 nitrogen and oxygen atoms in total. The highest BCUT2D eigenvalue weighted by molar-refractivity contribution is 5.96. The van der Waals surface area contributed by atoms with Gasteiger partial charge in [-0.25, -0.2) is 0 Å². The van der Waals surface area contributed by atoms with Gasteiger partial charge in [0.15, 0.2) is 0 Å². The lowest BCUT2D eigenvalue weighted by atomic mass is 9.77. The summed E-state index contributed by atoms with van der Waals surface area (Å²) in [5.74, 6) is -1.23. The van der Waals surface area contributed by atoms with Crippen molar-refractivity contribution in [3.63, 3.8) is 0 Å². The fourth-order valence-corrected chi connectivity index (χ4v) is 5.57. The van der Waals surface area contributed by atoms with Crippen LogP contribution in [0.3, 0.4) is 0 Å². The van der Waals surface area contributed by atoms with Crippen LogP contribution in [-0.2, 0) is 21.3 Å². The zero-order chi connectivity index (χ0) is 28.9. The Labute approximate surface area is 231 Å². The standard InChI is InChI=1S/C29H33F3N4O4/c1-2-40-25-18-36(23-10-12-28(39,13-11-23)21-8-6-19(15-33)7-9-21)17-24(25)35-26(37)16-34-27(38)20-4-3-5-22(14-20)29(30,31)32/h3-9,14,23-25,39H,2,10-13,16-18H2,1H3,(H,34,38)(H,35,37)/t23?,24-,25+,28?/m0/s1. The lowest BCUT2D eigenvalue weighted by molar-refractivity contribution is -0.137. The molecule has 2 amide bonds. The number of alkyl halides is 3. The number of nitrogens with one attached hydrogen (secondary N) is 2. The van der Waals surface area contributed by atoms with Gasteiger partial charge in [0, 0.05) is 31.3 Å². The number of aliphatic hydroxyl groups is 1. The molecule has 11 heteroatoms. The molecule has 2 aromatic rings. The lowest BCUT2D eigenvalue weighted by Crippen LogP contribution is -2.48. The van der Waals surface area contributed by atoms with Crippen LogP contribution in [0.5, 0.6) is 0 Å². The van der Waals surface area contributed by atoms with Crippen molar-refractivity contribution in [1.29, 1.82) is 5.26 Å². The molecule has 0 bridgehead atoms. The van der Waals surface area contributed by atoms with Gasteiger partial charge in [-0.1, -0.05) is 18.2 Å². The topological polar surface area (TPSA) is 115 Å². The Morgan fingerprint density at radius 2 is 1.85 bits per heavy atom. The molecule has 0 radical (unpaired) electrons. The Kier molecular flexibility index (Phi) is 9.13. The minimum Gasteiger partial charge on any atom is -0.385 e. The summed E-state index contributed by atoms with van der Waals surface area (Å²) in [5, 5.41) is 25.6. The van der Waals surface area contributed by atoms with Crippen molar-refractivity contribution < 1.29 is 32.6 Å². The first-order chi connectivity index (χ1) is 19.0. The highest BCUT2D eigenvalue weighted by Crippen LogP contribution is 2.39. The summed E-state index contributed by atoms with van der Waals surface area (Å²) in [6.07, 6.45) is -2.19. The summed E-state index contributed by atoms with van der Waals surface area (Å²) in [5.41, 5.74) is -0.720. The molecule has 40 heavy (non-hydrogen) atoms. The van der Waals surface area contributed by atoms with Gasteiger partial charge < -0.3 is 20.5 Å². The maximum Gasteiger partial charge on any atom is 0.416 e. The fourth-order valence-electron chi connectivity index (χ4n) is 5.57. The number of likely N-dealkylation sites (tertiary alicyclic amines) is 1. The molecule has 3 N–H and O–H groups in total. The number of hydrogen-bond donors (Lipinski definition) is 3. The van der Waals surface area contributed by atoms with Crippen LogP contribution in [0.1, 0.15) is 59.7 Å². The van der Waals surface area contributed by atoms with Crippen molar-refractivity contribution in [2.24, 2.45) is 0 Å². The minimum absolute atomic E-state index is 0.180. The minimum atomic E-state index is -4.57. The molecule has 0 spiro atoms. The van der Waals surface area contributed by atoms with E-state index in [1.807, 2.05) is 6.92 Å². The van der Waals surface area contributed by atoms with Gasteiger partial charge in [-0.3, -0.25) is 14.5 Å².